The van der Waals surface area contributed by atoms with Crippen LogP contribution in [0, 0.1) is 0 Å². The third kappa shape index (κ3) is 3.76. The molecule has 1 aromatic rings. The zero-order chi connectivity index (χ0) is 13.0. The van der Waals surface area contributed by atoms with Crippen LogP contribution >= 0.6 is 11.8 Å². The third-order valence-electron chi connectivity index (χ3n) is 3.67. The van der Waals surface area contributed by atoms with E-state index < -0.39 is 0 Å². The smallest absolute Gasteiger partial charge is 0.0636 e. The van der Waals surface area contributed by atoms with Gasteiger partial charge in [0.15, 0.2) is 0 Å². The number of aliphatic hydroxyl groups is 1. The van der Waals surface area contributed by atoms with Crippen molar-refractivity contribution in [1.82, 2.24) is 0 Å². The number of aryl methyl sites for hydroxylation is 1. The average Bonchev–Trinajstić information content (AvgIpc) is 2.37. The lowest BCUT2D eigenvalue weighted by molar-refractivity contribution is 0.175. The van der Waals surface area contributed by atoms with Crippen molar-refractivity contribution in [2.75, 3.05) is 5.75 Å². The van der Waals surface area contributed by atoms with Crippen molar-refractivity contribution < 1.29 is 5.11 Å². The molecule has 2 atom stereocenters. The van der Waals surface area contributed by atoms with Gasteiger partial charge < -0.3 is 5.11 Å². The molecule has 2 heteroatoms. The summed E-state index contributed by atoms with van der Waals surface area (Å²) in [5.74, 6) is 1.44. The van der Waals surface area contributed by atoms with Gasteiger partial charge in [0.2, 0.25) is 0 Å². The molecule has 1 aliphatic rings. The van der Waals surface area contributed by atoms with Crippen LogP contribution in [0.4, 0.5) is 0 Å². The van der Waals surface area contributed by atoms with Crippen LogP contribution in [0.1, 0.15) is 50.2 Å². The minimum Gasteiger partial charge on any atom is -0.392 e. The van der Waals surface area contributed by atoms with Crippen LogP contribution < -0.4 is 0 Å². The summed E-state index contributed by atoms with van der Waals surface area (Å²) in [5.41, 5.74) is 2.98. The quantitative estimate of drug-likeness (QED) is 0.867. The largest absolute Gasteiger partial charge is 0.392 e. The van der Waals surface area contributed by atoms with Gasteiger partial charge in [-0.15, -0.1) is 0 Å². The maximum atomic E-state index is 10.2. The topological polar surface area (TPSA) is 20.2 Å². The molecule has 0 aliphatic heterocycles. The Morgan fingerprint density at radius 2 is 2.11 bits per heavy atom. The number of hydrogen-bond donors (Lipinski definition) is 1. The van der Waals surface area contributed by atoms with Crippen molar-refractivity contribution >= 4 is 11.8 Å². The highest BCUT2D eigenvalue weighted by Gasteiger charge is 2.22. The Balaban J connectivity index is 1.94. The average molecular weight is 264 g/mol. The molecule has 1 N–H and O–H groups in total. The molecule has 0 bridgehead atoms. The Kier molecular flexibility index (Phi) is 5.13. The van der Waals surface area contributed by atoms with Gasteiger partial charge in [-0.25, -0.2) is 0 Å². The van der Waals surface area contributed by atoms with Crippen LogP contribution in [0.3, 0.4) is 0 Å². The molecule has 0 saturated heterocycles. The van der Waals surface area contributed by atoms with E-state index in [0.29, 0.717) is 11.2 Å². The van der Waals surface area contributed by atoms with Gasteiger partial charge in [0.1, 0.15) is 0 Å². The Hall–Kier alpha value is -0.470. The Morgan fingerprint density at radius 1 is 1.33 bits per heavy atom. The fourth-order valence-electron chi connectivity index (χ4n) is 2.80. The van der Waals surface area contributed by atoms with E-state index in [4.69, 9.17) is 0 Å². The first-order chi connectivity index (χ1) is 8.66. The number of aliphatic hydroxyl groups excluding tert-OH is 1. The molecule has 18 heavy (non-hydrogen) atoms. The van der Waals surface area contributed by atoms with E-state index in [1.165, 1.54) is 30.4 Å². The second kappa shape index (κ2) is 6.63. The normalized spacial score (nSPS) is 20.8. The van der Waals surface area contributed by atoms with E-state index in [1.807, 2.05) is 11.8 Å². The molecule has 0 heterocycles. The van der Waals surface area contributed by atoms with E-state index >= 15 is 0 Å². The van der Waals surface area contributed by atoms with Crippen molar-refractivity contribution in [3.05, 3.63) is 35.4 Å². The Labute approximate surface area is 115 Å². The number of benzene rings is 1. The van der Waals surface area contributed by atoms with Gasteiger partial charge in [0, 0.05) is 5.75 Å². The van der Waals surface area contributed by atoms with Crippen LogP contribution in [-0.2, 0) is 6.42 Å². The molecular formula is C16H24OS. The van der Waals surface area contributed by atoms with E-state index in [0.717, 1.165) is 12.2 Å². The van der Waals surface area contributed by atoms with Gasteiger partial charge in [-0.3, -0.25) is 0 Å². The molecular weight excluding hydrogens is 240 g/mol. The first-order valence-corrected chi connectivity index (χ1v) is 8.09. The second-order valence-electron chi connectivity index (χ2n) is 5.56. The molecule has 1 aromatic carbocycles. The zero-order valence-corrected chi connectivity index (χ0v) is 12.2. The summed E-state index contributed by atoms with van der Waals surface area (Å²) < 4.78 is 0. The van der Waals surface area contributed by atoms with E-state index in [-0.39, 0.29) is 6.10 Å². The molecule has 2 rings (SSSR count). The van der Waals surface area contributed by atoms with E-state index in [2.05, 4.69) is 38.1 Å². The van der Waals surface area contributed by atoms with Crippen molar-refractivity contribution in [3.63, 3.8) is 0 Å². The number of hydrogen-bond acceptors (Lipinski definition) is 2. The predicted octanol–water partition coefficient (Wildman–Crippen LogP) is 4.00. The molecule has 0 radical (unpaired) electrons. The highest BCUT2D eigenvalue weighted by Crippen LogP contribution is 2.35. The van der Waals surface area contributed by atoms with Gasteiger partial charge >= 0.3 is 0 Å². The lowest BCUT2D eigenvalue weighted by atomic mass is 9.80. The number of fused-ring (bicyclic) bond motifs is 1. The third-order valence-corrected chi connectivity index (χ3v) is 4.92. The van der Waals surface area contributed by atoms with Gasteiger partial charge in [-0.05, 0) is 48.0 Å². The van der Waals surface area contributed by atoms with E-state index in [1.54, 1.807) is 0 Å². The van der Waals surface area contributed by atoms with Crippen molar-refractivity contribution in [1.29, 1.82) is 0 Å². The summed E-state index contributed by atoms with van der Waals surface area (Å²) in [4.78, 5) is 0. The summed E-state index contributed by atoms with van der Waals surface area (Å²) in [6.45, 7) is 4.38. The standard InChI is InChI=1S/C16H24OS/c1-12(2)18-11-15(17)10-14-8-5-7-13-6-3-4-9-16(13)14/h3-4,6,9,12,14-15,17H,5,7-8,10-11H2,1-2H3. The summed E-state index contributed by atoms with van der Waals surface area (Å²) in [6.07, 6.45) is 4.49. The Bertz CT molecular complexity index is 375. The fourth-order valence-corrected chi connectivity index (χ4v) is 3.54. The van der Waals surface area contributed by atoms with Gasteiger partial charge in [0.25, 0.3) is 0 Å². The van der Waals surface area contributed by atoms with E-state index in [9.17, 15) is 5.11 Å². The molecule has 0 amide bonds. The van der Waals surface area contributed by atoms with Crippen LogP contribution in [0.15, 0.2) is 24.3 Å². The molecule has 0 aromatic heterocycles. The lowest BCUT2D eigenvalue weighted by Gasteiger charge is -2.27. The van der Waals surface area contributed by atoms with Gasteiger partial charge in [0.05, 0.1) is 6.10 Å². The summed E-state index contributed by atoms with van der Waals surface area (Å²) in [6, 6.07) is 8.76. The van der Waals surface area contributed by atoms with Crippen molar-refractivity contribution in [3.8, 4) is 0 Å². The maximum Gasteiger partial charge on any atom is 0.0636 e. The van der Waals surface area contributed by atoms with Gasteiger partial charge in [-0.2, -0.15) is 11.8 Å². The molecule has 1 nitrogen and oxygen atoms in total. The highest BCUT2D eigenvalue weighted by molar-refractivity contribution is 7.99. The predicted molar refractivity (Wildman–Crippen MR) is 80.3 cm³/mol. The second-order valence-corrected chi connectivity index (χ2v) is 7.17. The molecule has 100 valence electrons. The monoisotopic (exact) mass is 264 g/mol. The minimum absolute atomic E-state index is 0.159. The van der Waals surface area contributed by atoms with Crippen LogP contribution in [-0.4, -0.2) is 22.2 Å². The van der Waals surface area contributed by atoms with Crippen molar-refractivity contribution in [2.24, 2.45) is 0 Å². The van der Waals surface area contributed by atoms with Gasteiger partial charge in [-0.1, -0.05) is 38.1 Å². The number of rotatable bonds is 5. The number of thioether (sulfide) groups is 1. The zero-order valence-electron chi connectivity index (χ0n) is 11.4. The summed E-state index contributed by atoms with van der Waals surface area (Å²) >= 11 is 1.86. The molecule has 0 fully saturated rings. The van der Waals surface area contributed by atoms with Crippen molar-refractivity contribution in [2.45, 2.75) is 56.8 Å². The van der Waals surface area contributed by atoms with Crippen LogP contribution in [0.2, 0.25) is 0 Å². The maximum absolute atomic E-state index is 10.2. The highest BCUT2D eigenvalue weighted by atomic mass is 32.2. The molecule has 2 unspecified atom stereocenters. The summed E-state index contributed by atoms with van der Waals surface area (Å²) in [7, 11) is 0. The molecule has 0 spiro atoms. The molecule has 0 saturated carbocycles. The first kappa shape index (κ1) is 14.0. The Morgan fingerprint density at radius 3 is 2.89 bits per heavy atom. The lowest BCUT2D eigenvalue weighted by Crippen LogP contribution is -2.19. The first-order valence-electron chi connectivity index (χ1n) is 7.04. The summed E-state index contributed by atoms with van der Waals surface area (Å²) in [5, 5.41) is 10.8. The van der Waals surface area contributed by atoms with Crippen LogP contribution in [0.25, 0.3) is 0 Å². The van der Waals surface area contributed by atoms with Crippen LogP contribution in [0.5, 0.6) is 0 Å². The fraction of sp³-hybridized carbons (Fsp3) is 0.625. The molecule has 1 aliphatic carbocycles. The minimum atomic E-state index is -0.159. The SMILES string of the molecule is CC(C)SCC(O)CC1CCCc2ccccc21.